The minimum absolute atomic E-state index is 0.124. The molecule has 0 radical (unpaired) electrons. The molecule has 1 amide bonds. The Kier molecular flexibility index (Phi) is 4.68. The number of nitrogens with one attached hydrogen (secondary N) is 1. The molecule has 1 aliphatic rings. The summed E-state index contributed by atoms with van der Waals surface area (Å²) in [7, 11) is 0. The highest BCUT2D eigenvalue weighted by molar-refractivity contribution is 7.80. The third-order valence-electron chi connectivity index (χ3n) is 3.07. The lowest BCUT2D eigenvalue weighted by atomic mass is 10.0. The average molecular weight is 245 g/mol. The highest BCUT2D eigenvalue weighted by Crippen LogP contribution is 2.49. The summed E-state index contributed by atoms with van der Waals surface area (Å²) in [4.78, 5) is 11.7. The highest BCUT2D eigenvalue weighted by atomic mass is 32.1. The zero-order chi connectivity index (χ0) is 12.2. The molecule has 16 heavy (non-hydrogen) atoms. The van der Waals surface area contributed by atoms with E-state index in [9.17, 15) is 4.79 Å². The van der Waals surface area contributed by atoms with Crippen LogP contribution in [0.1, 0.15) is 40.0 Å². The molecular formula is C12H23NO2S. The van der Waals surface area contributed by atoms with Crippen LogP contribution in [0.5, 0.6) is 0 Å². The van der Waals surface area contributed by atoms with Crippen molar-refractivity contribution in [3.63, 3.8) is 0 Å². The summed E-state index contributed by atoms with van der Waals surface area (Å²) in [5, 5.41) is 2.94. The maximum absolute atomic E-state index is 11.7. The fourth-order valence-corrected chi connectivity index (χ4v) is 2.15. The van der Waals surface area contributed by atoms with Gasteiger partial charge in [-0.2, -0.15) is 12.6 Å². The lowest BCUT2D eigenvalue weighted by Gasteiger charge is -2.25. The summed E-state index contributed by atoms with van der Waals surface area (Å²) < 4.78 is 5.52. The van der Waals surface area contributed by atoms with Gasteiger partial charge in [0.05, 0.1) is 5.60 Å². The average Bonchev–Trinajstić information content (AvgIpc) is 2.96. The molecule has 0 bridgehead atoms. The molecule has 1 fully saturated rings. The van der Waals surface area contributed by atoms with Gasteiger partial charge in [0.2, 0.25) is 5.91 Å². The molecule has 0 heterocycles. The van der Waals surface area contributed by atoms with E-state index in [0.717, 1.165) is 18.6 Å². The molecule has 1 saturated carbocycles. The Bertz CT molecular complexity index is 249. The van der Waals surface area contributed by atoms with Crippen molar-refractivity contribution in [2.24, 2.45) is 5.41 Å². The smallest absolute Gasteiger partial charge is 0.220 e. The Hall–Kier alpha value is -0.220. The van der Waals surface area contributed by atoms with Crippen LogP contribution in [-0.2, 0) is 9.53 Å². The molecular weight excluding hydrogens is 222 g/mol. The lowest BCUT2D eigenvalue weighted by Crippen LogP contribution is -2.41. The highest BCUT2D eigenvalue weighted by Gasteiger charge is 2.42. The lowest BCUT2D eigenvalue weighted by molar-refractivity contribution is -0.123. The number of thiol groups is 1. The first-order chi connectivity index (χ1) is 7.43. The first-order valence-corrected chi connectivity index (χ1v) is 6.58. The van der Waals surface area contributed by atoms with Crippen molar-refractivity contribution in [3.05, 3.63) is 0 Å². The molecule has 1 N–H and O–H groups in total. The summed E-state index contributed by atoms with van der Waals surface area (Å²) in [6, 6.07) is 0. The summed E-state index contributed by atoms with van der Waals surface area (Å²) in [5.74, 6) is 0.939. The van der Waals surface area contributed by atoms with E-state index >= 15 is 0 Å². The minimum Gasteiger partial charge on any atom is -0.374 e. The van der Waals surface area contributed by atoms with Crippen molar-refractivity contribution in [2.75, 3.05) is 18.9 Å². The van der Waals surface area contributed by atoms with Gasteiger partial charge in [-0.25, -0.2) is 0 Å². The molecule has 1 aliphatic carbocycles. The van der Waals surface area contributed by atoms with Crippen LogP contribution < -0.4 is 5.32 Å². The second kappa shape index (κ2) is 5.41. The van der Waals surface area contributed by atoms with E-state index in [0.29, 0.717) is 19.6 Å². The Labute approximate surface area is 104 Å². The molecule has 3 nitrogen and oxygen atoms in total. The van der Waals surface area contributed by atoms with Gasteiger partial charge in [-0.3, -0.25) is 4.79 Å². The third kappa shape index (κ3) is 4.34. The van der Waals surface area contributed by atoms with Crippen LogP contribution in [0.2, 0.25) is 0 Å². The van der Waals surface area contributed by atoms with Crippen LogP contribution in [0.3, 0.4) is 0 Å². The van der Waals surface area contributed by atoms with Crippen molar-refractivity contribution < 1.29 is 9.53 Å². The minimum atomic E-state index is -0.276. The molecule has 0 aromatic carbocycles. The number of rotatable bonds is 7. The first kappa shape index (κ1) is 13.8. The molecule has 4 heteroatoms. The van der Waals surface area contributed by atoms with Gasteiger partial charge in [0.15, 0.2) is 0 Å². The molecule has 1 rings (SSSR count). The van der Waals surface area contributed by atoms with Gasteiger partial charge in [0.25, 0.3) is 0 Å². The predicted octanol–water partition coefficient (Wildman–Crippen LogP) is 2.02. The molecule has 0 unspecified atom stereocenters. The van der Waals surface area contributed by atoms with Gasteiger partial charge in [-0.15, -0.1) is 0 Å². The molecule has 0 aliphatic heterocycles. The van der Waals surface area contributed by atoms with Crippen molar-refractivity contribution in [1.82, 2.24) is 5.32 Å². The van der Waals surface area contributed by atoms with Crippen molar-refractivity contribution in [2.45, 2.75) is 45.6 Å². The molecule has 0 saturated heterocycles. The Morgan fingerprint density at radius 3 is 2.56 bits per heavy atom. The van der Waals surface area contributed by atoms with Crippen molar-refractivity contribution in [1.29, 1.82) is 0 Å². The van der Waals surface area contributed by atoms with E-state index < -0.39 is 0 Å². The normalized spacial score (nSPS) is 18.2. The van der Waals surface area contributed by atoms with Crippen LogP contribution in [0.25, 0.3) is 0 Å². The number of hydrogen-bond donors (Lipinski definition) is 2. The predicted molar refractivity (Wildman–Crippen MR) is 68.9 cm³/mol. The summed E-state index contributed by atoms with van der Waals surface area (Å²) in [6.45, 7) is 7.18. The second-order valence-electron chi connectivity index (χ2n) is 5.30. The molecule has 94 valence electrons. The first-order valence-electron chi connectivity index (χ1n) is 5.95. The van der Waals surface area contributed by atoms with Crippen LogP contribution in [-0.4, -0.2) is 30.4 Å². The molecule has 0 spiro atoms. The van der Waals surface area contributed by atoms with Crippen LogP contribution >= 0.6 is 12.6 Å². The number of amides is 1. The molecule has 0 aromatic rings. The van der Waals surface area contributed by atoms with E-state index in [1.54, 1.807) is 0 Å². The zero-order valence-corrected chi connectivity index (χ0v) is 11.4. The largest absolute Gasteiger partial charge is 0.374 e. The van der Waals surface area contributed by atoms with Gasteiger partial charge >= 0.3 is 0 Å². The number of ether oxygens (including phenoxy) is 1. The van der Waals surface area contributed by atoms with E-state index in [-0.39, 0.29) is 16.9 Å². The van der Waals surface area contributed by atoms with Gasteiger partial charge in [-0.1, -0.05) is 0 Å². The van der Waals surface area contributed by atoms with Gasteiger partial charge in [0, 0.05) is 19.6 Å². The topological polar surface area (TPSA) is 38.3 Å². The molecule has 0 atom stereocenters. The Morgan fingerprint density at radius 1 is 1.50 bits per heavy atom. The van der Waals surface area contributed by atoms with Gasteiger partial charge < -0.3 is 10.1 Å². The van der Waals surface area contributed by atoms with E-state index in [2.05, 4.69) is 17.9 Å². The summed E-state index contributed by atoms with van der Waals surface area (Å²) >= 11 is 4.29. The standard InChI is InChI=1S/C12H23NO2S/c1-4-15-11(2,3)8-13-10(14)7-12(9-16)5-6-12/h16H,4-9H2,1-3H3,(H,13,14). The van der Waals surface area contributed by atoms with Gasteiger partial charge in [-0.05, 0) is 44.8 Å². The molecule has 0 aromatic heterocycles. The summed E-state index contributed by atoms with van der Waals surface area (Å²) in [6.07, 6.45) is 2.89. The maximum Gasteiger partial charge on any atom is 0.220 e. The fraction of sp³-hybridized carbons (Fsp3) is 0.917. The zero-order valence-electron chi connectivity index (χ0n) is 10.5. The second-order valence-corrected chi connectivity index (χ2v) is 5.62. The quantitative estimate of drug-likeness (QED) is 0.674. The van der Waals surface area contributed by atoms with Crippen LogP contribution in [0.4, 0.5) is 0 Å². The van der Waals surface area contributed by atoms with E-state index in [4.69, 9.17) is 4.74 Å². The van der Waals surface area contributed by atoms with Gasteiger partial charge in [0.1, 0.15) is 0 Å². The number of hydrogen-bond acceptors (Lipinski definition) is 3. The third-order valence-corrected chi connectivity index (χ3v) is 3.75. The van der Waals surface area contributed by atoms with Crippen molar-refractivity contribution in [3.8, 4) is 0 Å². The van der Waals surface area contributed by atoms with Crippen molar-refractivity contribution >= 4 is 18.5 Å². The number of carbonyl (C=O) groups excluding carboxylic acids is 1. The number of carbonyl (C=O) groups is 1. The van der Waals surface area contributed by atoms with Crippen LogP contribution in [0.15, 0.2) is 0 Å². The summed E-state index contributed by atoms with van der Waals surface area (Å²) in [5.41, 5.74) is -0.0783. The SMILES string of the molecule is CCOC(C)(C)CNC(=O)CC1(CS)CC1. The fourth-order valence-electron chi connectivity index (χ4n) is 1.72. The Morgan fingerprint density at radius 2 is 2.12 bits per heavy atom. The monoisotopic (exact) mass is 245 g/mol. The maximum atomic E-state index is 11.7. The van der Waals surface area contributed by atoms with E-state index in [1.165, 1.54) is 0 Å². The Balaban J connectivity index is 2.25. The van der Waals surface area contributed by atoms with E-state index in [1.807, 2.05) is 20.8 Å². The van der Waals surface area contributed by atoms with Crippen LogP contribution in [0, 0.1) is 5.41 Å².